The van der Waals surface area contributed by atoms with E-state index in [1.807, 2.05) is 20.9 Å². The maximum absolute atomic E-state index is 12.6. The molecule has 7 heteroatoms. The molecule has 1 N–H and O–H groups in total. The van der Waals surface area contributed by atoms with Gasteiger partial charge in [0, 0.05) is 44.1 Å². The van der Waals surface area contributed by atoms with Crippen LogP contribution in [0.2, 0.25) is 0 Å². The summed E-state index contributed by atoms with van der Waals surface area (Å²) in [5.41, 5.74) is 0.633. The van der Waals surface area contributed by atoms with Gasteiger partial charge in [0.05, 0.1) is 6.61 Å². The molecule has 1 aliphatic rings. The Kier molecular flexibility index (Phi) is 4.53. The summed E-state index contributed by atoms with van der Waals surface area (Å²) in [6, 6.07) is 1.78. The zero-order chi connectivity index (χ0) is 14.9. The normalized spacial score (nSPS) is 22.3. The fraction of sp³-hybridized carbons (Fsp3) is 0.692. The van der Waals surface area contributed by atoms with E-state index in [9.17, 15) is 13.5 Å². The summed E-state index contributed by atoms with van der Waals surface area (Å²) in [4.78, 5) is 2.43. The Labute approximate surface area is 120 Å². The number of hydrogen-bond donors (Lipinski definition) is 1. The molecule has 1 atom stereocenters. The first-order valence-corrected chi connectivity index (χ1v) is 8.34. The van der Waals surface area contributed by atoms with Gasteiger partial charge in [-0.3, -0.25) is 0 Å². The SMILES string of the molecule is CCn1cc(S(=O)(=O)N2CCN(C)C(C)C2)cc1CO. The van der Waals surface area contributed by atoms with E-state index in [1.54, 1.807) is 16.8 Å². The zero-order valence-electron chi connectivity index (χ0n) is 12.3. The molecule has 1 aromatic rings. The van der Waals surface area contributed by atoms with Gasteiger partial charge >= 0.3 is 0 Å². The number of likely N-dealkylation sites (N-methyl/N-ethyl adjacent to an activating group) is 1. The van der Waals surface area contributed by atoms with Crippen LogP contribution < -0.4 is 0 Å². The topological polar surface area (TPSA) is 65.8 Å². The molecular weight excluding hydrogens is 278 g/mol. The Bertz CT molecular complexity index is 546. The average Bonchev–Trinajstić information content (AvgIpc) is 2.85. The third-order valence-electron chi connectivity index (χ3n) is 4.02. The molecule has 6 nitrogen and oxygen atoms in total. The number of rotatable bonds is 4. The molecule has 1 unspecified atom stereocenters. The third-order valence-corrected chi connectivity index (χ3v) is 5.85. The molecule has 0 amide bonds. The number of aliphatic hydroxyl groups excluding tert-OH is 1. The summed E-state index contributed by atoms with van der Waals surface area (Å²) in [6.07, 6.45) is 1.61. The highest BCUT2D eigenvalue weighted by Crippen LogP contribution is 2.22. The predicted molar refractivity (Wildman–Crippen MR) is 76.9 cm³/mol. The van der Waals surface area contributed by atoms with Crippen molar-refractivity contribution in [3.8, 4) is 0 Å². The molecule has 0 bridgehead atoms. The first kappa shape index (κ1) is 15.5. The van der Waals surface area contributed by atoms with Crippen molar-refractivity contribution >= 4 is 10.0 Å². The average molecular weight is 301 g/mol. The van der Waals surface area contributed by atoms with Gasteiger partial charge < -0.3 is 14.6 Å². The zero-order valence-corrected chi connectivity index (χ0v) is 13.1. The monoisotopic (exact) mass is 301 g/mol. The van der Waals surface area contributed by atoms with Crippen LogP contribution in [0.3, 0.4) is 0 Å². The van der Waals surface area contributed by atoms with Crippen molar-refractivity contribution in [1.29, 1.82) is 0 Å². The van der Waals surface area contributed by atoms with E-state index in [0.29, 0.717) is 25.3 Å². The fourth-order valence-electron chi connectivity index (χ4n) is 2.48. The van der Waals surface area contributed by atoms with E-state index in [-0.39, 0.29) is 17.5 Å². The summed E-state index contributed by atoms with van der Waals surface area (Å²) in [6.45, 7) is 6.19. The van der Waals surface area contributed by atoms with Gasteiger partial charge in [0.2, 0.25) is 10.0 Å². The smallest absolute Gasteiger partial charge is 0.244 e. The number of aromatic nitrogens is 1. The highest BCUT2D eigenvalue weighted by atomic mass is 32.2. The van der Waals surface area contributed by atoms with Gasteiger partial charge in [0.1, 0.15) is 4.90 Å². The fourth-order valence-corrected chi connectivity index (χ4v) is 4.05. The Morgan fingerprint density at radius 1 is 1.40 bits per heavy atom. The van der Waals surface area contributed by atoms with Gasteiger partial charge in [-0.15, -0.1) is 0 Å². The van der Waals surface area contributed by atoms with Crippen molar-refractivity contribution in [3.63, 3.8) is 0 Å². The maximum Gasteiger partial charge on any atom is 0.244 e. The highest BCUT2D eigenvalue weighted by molar-refractivity contribution is 7.89. The van der Waals surface area contributed by atoms with Crippen LogP contribution in [0.5, 0.6) is 0 Å². The largest absolute Gasteiger partial charge is 0.390 e. The summed E-state index contributed by atoms with van der Waals surface area (Å²) < 4.78 is 28.6. The molecular formula is C13H23N3O3S. The van der Waals surface area contributed by atoms with Crippen molar-refractivity contribution in [3.05, 3.63) is 18.0 Å². The highest BCUT2D eigenvalue weighted by Gasteiger charge is 2.31. The second-order valence-corrected chi connectivity index (χ2v) is 7.24. The van der Waals surface area contributed by atoms with Crippen molar-refractivity contribution < 1.29 is 13.5 Å². The van der Waals surface area contributed by atoms with Gasteiger partial charge in [-0.1, -0.05) is 0 Å². The lowest BCUT2D eigenvalue weighted by molar-refractivity contribution is 0.159. The third kappa shape index (κ3) is 2.76. The number of aryl methyl sites for hydroxylation is 1. The van der Waals surface area contributed by atoms with E-state index in [4.69, 9.17) is 0 Å². The Morgan fingerprint density at radius 2 is 2.10 bits per heavy atom. The Hall–Kier alpha value is -0.890. The molecule has 1 aromatic heterocycles. The number of sulfonamides is 1. The standard InChI is InChI=1S/C13H23N3O3S/c1-4-15-9-13(7-12(15)10-17)20(18,19)16-6-5-14(3)11(2)8-16/h7,9,11,17H,4-6,8,10H2,1-3H3. The van der Waals surface area contributed by atoms with Crippen LogP contribution in [0.25, 0.3) is 0 Å². The lowest BCUT2D eigenvalue weighted by Crippen LogP contribution is -2.51. The first-order valence-electron chi connectivity index (χ1n) is 6.90. The molecule has 0 aliphatic carbocycles. The van der Waals surface area contributed by atoms with Crippen molar-refractivity contribution in [2.24, 2.45) is 0 Å². The summed E-state index contributed by atoms with van der Waals surface area (Å²) >= 11 is 0. The molecule has 2 heterocycles. The van der Waals surface area contributed by atoms with Crippen LogP contribution >= 0.6 is 0 Å². The molecule has 0 spiro atoms. The Balaban J connectivity index is 2.28. The summed E-state index contributed by atoms with van der Waals surface area (Å²) in [5.74, 6) is 0. The number of piperazine rings is 1. The molecule has 0 saturated carbocycles. The lowest BCUT2D eigenvalue weighted by atomic mass is 10.2. The van der Waals surface area contributed by atoms with Gasteiger partial charge in [-0.05, 0) is 27.0 Å². The van der Waals surface area contributed by atoms with Gasteiger partial charge in [0.25, 0.3) is 0 Å². The number of aliphatic hydroxyl groups is 1. The van der Waals surface area contributed by atoms with Crippen LogP contribution in [-0.2, 0) is 23.2 Å². The minimum atomic E-state index is -3.47. The van der Waals surface area contributed by atoms with Gasteiger partial charge in [-0.2, -0.15) is 4.31 Å². The van der Waals surface area contributed by atoms with Crippen molar-refractivity contribution in [2.75, 3.05) is 26.7 Å². The minimum absolute atomic E-state index is 0.150. The van der Waals surface area contributed by atoms with Gasteiger partial charge in [-0.25, -0.2) is 8.42 Å². The maximum atomic E-state index is 12.6. The first-order chi connectivity index (χ1) is 9.40. The molecule has 20 heavy (non-hydrogen) atoms. The van der Waals surface area contributed by atoms with E-state index in [0.717, 1.165) is 6.54 Å². The minimum Gasteiger partial charge on any atom is -0.390 e. The summed E-state index contributed by atoms with van der Waals surface area (Å²) in [7, 11) is -1.46. The van der Waals surface area contributed by atoms with Gasteiger partial charge in [0.15, 0.2) is 0 Å². The molecule has 114 valence electrons. The molecule has 1 fully saturated rings. The lowest BCUT2D eigenvalue weighted by Gasteiger charge is -2.36. The predicted octanol–water partition coefficient (Wildman–Crippen LogP) is 0.325. The second-order valence-electron chi connectivity index (χ2n) is 5.30. The molecule has 0 radical (unpaired) electrons. The van der Waals surface area contributed by atoms with Crippen LogP contribution in [0, 0.1) is 0 Å². The van der Waals surface area contributed by atoms with E-state index in [2.05, 4.69) is 4.90 Å². The molecule has 1 aliphatic heterocycles. The quantitative estimate of drug-likeness (QED) is 0.870. The van der Waals surface area contributed by atoms with E-state index in [1.165, 1.54) is 4.31 Å². The van der Waals surface area contributed by atoms with Crippen molar-refractivity contribution in [2.45, 2.75) is 37.9 Å². The number of nitrogens with zero attached hydrogens (tertiary/aromatic N) is 3. The van der Waals surface area contributed by atoms with Crippen molar-refractivity contribution in [1.82, 2.24) is 13.8 Å². The Morgan fingerprint density at radius 3 is 2.60 bits per heavy atom. The van der Waals surface area contributed by atoms with E-state index < -0.39 is 10.0 Å². The second kappa shape index (κ2) is 5.85. The van der Waals surface area contributed by atoms with Crippen LogP contribution in [0.15, 0.2) is 17.2 Å². The molecule has 0 aromatic carbocycles. The number of hydrogen-bond acceptors (Lipinski definition) is 4. The molecule has 1 saturated heterocycles. The van der Waals surface area contributed by atoms with Crippen LogP contribution in [0.1, 0.15) is 19.5 Å². The summed E-state index contributed by atoms with van der Waals surface area (Å²) in [5, 5.41) is 9.28. The van der Waals surface area contributed by atoms with Crippen LogP contribution in [-0.4, -0.2) is 60.0 Å². The van der Waals surface area contributed by atoms with Crippen LogP contribution in [0.4, 0.5) is 0 Å². The van der Waals surface area contributed by atoms with E-state index >= 15 is 0 Å². The molecule has 2 rings (SSSR count).